The average molecular weight is 353 g/mol. The molecule has 4 heterocycles. The first-order valence-corrected chi connectivity index (χ1v) is 8.44. The van der Waals surface area contributed by atoms with Gasteiger partial charge in [0.1, 0.15) is 18.0 Å². The minimum atomic E-state index is -0.300. The first kappa shape index (κ1) is 15.1. The van der Waals surface area contributed by atoms with Crippen LogP contribution in [0.25, 0.3) is 10.9 Å². The van der Waals surface area contributed by atoms with E-state index in [-0.39, 0.29) is 17.9 Å². The number of hydrogen-bond acceptors (Lipinski definition) is 5. The van der Waals surface area contributed by atoms with Gasteiger partial charge in [0.2, 0.25) is 0 Å². The smallest absolute Gasteiger partial charge is 0.322 e. The van der Waals surface area contributed by atoms with Crippen LogP contribution in [-0.4, -0.2) is 52.0 Å². The molecule has 0 bridgehead atoms. The van der Waals surface area contributed by atoms with Crippen LogP contribution in [0.5, 0.6) is 0 Å². The minimum Gasteiger partial charge on any atom is -0.352 e. The third-order valence-electron chi connectivity index (χ3n) is 4.87. The lowest BCUT2D eigenvalue weighted by Gasteiger charge is -2.40. The van der Waals surface area contributed by atoms with E-state index in [9.17, 15) is 9.18 Å². The highest BCUT2D eigenvalue weighted by molar-refractivity contribution is 5.93. The van der Waals surface area contributed by atoms with Gasteiger partial charge in [0.15, 0.2) is 0 Å². The number of carbonyl (C=O) groups excluding carboxylic acids is 1. The van der Waals surface area contributed by atoms with Gasteiger partial charge in [-0.25, -0.2) is 19.2 Å². The third-order valence-corrected chi connectivity index (χ3v) is 4.87. The monoisotopic (exact) mass is 353 g/mol. The van der Waals surface area contributed by atoms with Crippen LogP contribution < -0.4 is 15.1 Å². The summed E-state index contributed by atoms with van der Waals surface area (Å²) in [6, 6.07) is 4.63. The summed E-state index contributed by atoms with van der Waals surface area (Å²) >= 11 is 0. The molecular formula is C17H16FN7O. The van der Waals surface area contributed by atoms with E-state index in [0.717, 1.165) is 30.1 Å². The number of carbonyl (C=O) groups is 1. The molecule has 8 nitrogen and oxygen atoms in total. The number of amides is 2. The highest BCUT2D eigenvalue weighted by atomic mass is 19.1. The van der Waals surface area contributed by atoms with E-state index >= 15 is 0 Å². The second-order valence-corrected chi connectivity index (χ2v) is 6.48. The van der Waals surface area contributed by atoms with Gasteiger partial charge in [-0.3, -0.25) is 9.58 Å². The second kappa shape index (κ2) is 5.65. The first-order valence-electron chi connectivity index (χ1n) is 8.44. The molecule has 2 aliphatic heterocycles. The molecule has 0 aliphatic carbocycles. The number of hydrogen-bond donors (Lipinski definition) is 1. The van der Waals surface area contributed by atoms with E-state index in [2.05, 4.69) is 25.3 Å². The Bertz CT molecular complexity index is 998. The summed E-state index contributed by atoms with van der Waals surface area (Å²) in [6.07, 6.45) is 5.11. The molecule has 132 valence electrons. The van der Waals surface area contributed by atoms with Crippen LogP contribution in [0.4, 0.5) is 20.7 Å². The molecule has 2 aliphatic rings. The van der Waals surface area contributed by atoms with Gasteiger partial charge in [0, 0.05) is 37.8 Å². The Morgan fingerprint density at radius 1 is 1.23 bits per heavy atom. The Labute approximate surface area is 148 Å². The molecule has 1 N–H and O–H groups in total. The number of rotatable bonds is 3. The van der Waals surface area contributed by atoms with Gasteiger partial charge in [-0.15, -0.1) is 0 Å². The van der Waals surface area contributed by atoms with Crippen molar-refractivity contribution in [3.05, 3.63) is 42.7 Å². The van der Waals surface area contributed by atoms with Crippen LogP contribution in [0.15, 0.2) is 36.9 Å². The largest absolute Gasteiger partial charge is 0.352 e. The molecule has 2 amide bonds. The topological polar surface area (TPSA) is 79.2 Å². The molecule has 3 aromatic rings. The number of urea groups is 1. The van der Waals surface area contributed by atoms with Gasteiger partial charge in [-0.05, 0) is 18.2 Å². The van der Waals surface area contributed by atoms with Crippen LogP contribution >= 0.6 is 0 Å². The molecule has 1 aromatic carbocycles. The van der Waals surface area contributed by atoms with Gasteiger partial charge in [0.05, 0.1) is 23.4 Å². The van der Waals surface area contributed by atoms with Crippen molar-refractivity contribution in [1.29, 1.82) is 0 Å². The van der Waals surface area contributed by atoms with E-state index < -0.39 is 0 Å². The molecule has 0 atom stereocenters. The van der Waals surface area contributed by atoms with Crippen molar-refractivity contribution in [2.75, 3.05) is 36.0 Å². The molecular weight excluding hydrogens is 337 g/mol. The summed E-state index contributed by atoms with van der Waals surface area (Å²) < 4.78 is 15.5. The van der Waals surface area contributed by atoms with Gasteiger partial charge in [0.25, 0.3) is 0 Å². The maximum absolute atomic E-state index is 13.6. The maximum atomic E-state index is 13.6. The average Bonchev–Trinajstić information content (AvgIpc) is 3.23. The third kappa shape index (κ3) is 2.35. The lowest BCUT2D eigenvalue weighted by Crippen LogP contribution is -2.48. The maximum Gasteiger partial charge on any atom is 0.322 e. The zero-order valence-corrected chi connectivity index (χ0v) is 13.8. The fourth-order valence-corrected chi connectivity index (χ4v) is 3.45. The molecule has 0 unspecified atom stereocenters. The van der Waals surface area contributed by atoms with Crippen LogP contribution in [0.3, 0.4) is 0 Å². The normalized spacial score (nSPS) is 17.7. The summed E-state index contributed by atoms with van der Waals surface area (Å²) in [6.45, 7) is 2.74. The van der Waals surface area contributed by atoms with Crippen molar-refractivity contribution in [2.24, 2.45) is 0 Å². The van der Waals surface area contributed by atoms with Gasteiger partial charge in [-0.2, -0.15) is 5.10 Å². The summed E-state index contributed by atoms with van der Waals surface area (Å²) in [5.74, 6) is 0.434. The van der Waals surface area contributed by atoms with Gasteiger partial charge < -0.3 is 10.2 Å². The number of benzene rings is 1. The molecule has 2 aromatic heterocycles. The minimum absolute atomic E-state index is 0.0886. The Balaban J connectivity index is 1.34. The highest BCUT2D eigenvalue weighted by Gasteiger charge is 2.32. The fraction of sp³-hybridized carbons (Fsp3) is 0.294. The Morgan fingerprint density at radius 3 is 2.92 bits per heavy atom. The first-order chi connectivity index (χ1) is 12.7. The number of anilines is 2. The zero-order chi connectivity index (χ0) is 17.7. The SMILES string of the molecule is O=C1NCCN1c1cnn(C2CN(c3ncnc4ccc(F)cc34)C2)c1. The van der Waals surface area contributed by atoms with Crippen LogP contribution in [0, 0.1) is 5.82 Å². The van der Waals surface area contributed by atoms with Crippen molar-refractivity contribution in [2.45, 2.75) is 6.04 Å². The summed E-state index contributed by atoms with van der Waals surface area (Å²) in [5, 5.41) is 7.89. The Hall–Kier alpha value is -3.23. The standard InChI is InChI=1S/C17H16FN7O/c18-11-1-2-15-14(5-11)16(21-10-20-15)23-7-13(8-23)25-9-12(6-22-25)24-4-3-19-17(24)26/h1-2,5-6,9-10,13H,3-4,7-8H2,(H,19,26). The molecule has 5 rings (SSSR count). The Kier molecular flexibility index (Phi) is 3.27. The van der Waals surface area contributed by atoms with E-state index in [0.29, 0.717) is 18.5 Å². The van der Waals surface area contributed by atoms with E-state index in [4.69, 9.17) is 0 Å². The quantitative estimate of drug-likeness (QED) is 0.773. The second-order valence-electron chi connectivity index (χ2n) is 6.48. The molecule has 2 saturated heterocycles. The van der Waals surface area contributed by atoms with Crippen molar-refractivity contribution in [1.82, 2.24) is 25.1 Å². The van der Waals surface area contributed by atoms with E-state index in [1.54, 1.807) is 17.2 Å². The van der Waals surface area contributed by atoms with Crippen molar-refractivity contribution in [3.63, 3.8) is 0 Å². The summed E-state index contributed by atoms with van der Waals surface area (Å²) in [5.41, 5.74) is 1.52. The van der Waals surface area contributed by atoms with Gasteiger partial charge in [-0.1, -0.05) is 0 Å². The highest BCUT2D eigenvalue weighted by Crippen LogP contribution is 2.31. The molecule has 2 fully saturated rings. The lowest BCUT2D eigenvalue weighted by atomic mass is 10.1. The fourth-order valence-electron chi connectivity index (χ4n) is 3.45. The zero-order valence-electron chi connectivity index (χ0n) is 13.8. The summed E-state index contributed by atoms with van der Waals surface area (Å²) in [4.78, 5) is 24.0. The van der Waals surface area contributed by atoms with Crippen molar-refractivity contribution >= 4 is 28.4 Å². The number of halogens is 1. The number of aromatic nitrogens is 4. The molecule has 0 radical (unpaired) electrons. The van der Waals surface area contributed by atoms with Crippen molar-refractivity contribution < 1.29 is 9.18 Å². The number of nitrogens with one attached hydrogen (secondary N) is 1. The number of fused-ring (bicyclic) bond motifs is 1. The lowest BCUT2D eigenvalue weighted by molar-refractivity contribution is 0.252. The molecule has 0 spiro atoms. The van der Waals surface area contributed by atoms with E-state index in [1.165, 1.54) is 18.5 Å². The predicted octanol–water partition coefficient (Wildman–Crippen LogP) is 1.56. The molecule has 0 saturated carbocycles. The van der Waals surface area contributed by atoms with Gasteiger partial charge >= 0.3 is 6.03 Å². The predicted molar refractivity (Wildman–Crippen MR) is 93.7 cm³/mol. The Morgan fingerprint density at radius 2 is 2.12 bits per heavy atom. The van der Waals surface area contributed by atoms with Crippen LogP contribution in [-0.2, 0) is 0 Å². The molecule has 9 heteroatoms. The molecule has 26 heavy (non-hydrogen) atoms. The van der Waals surface area contributed by atoms with Crippen LogP contribution in [0.2, 0.25) is 0 Å². The van der Waals surface area contributed by atoms with E-state index in [1.807, 2.05) is 10.9 Å². The summed E-state index contributed by atoms with van der Waals surface area (Å²) in [7, 11) is 0. The number of nitrogens with zero attached hydrogens (tertiary/aromatic N) is 6. The van der Waals surface area contributed by atoms with Crippen LogP contribution in [0.1, 0.15) is 6.04 Å². The van der Waals surface area contributed by atoms with Crippen molar-refractivity contribution in [3.8, 4) is 0 Å².